The fourth-order valence-corrected chi connectivity index (χ4v) is 2.49. The molecule has 3 nitrogen and oxygen atoms in total. The summed E-state index contributed by atoms with van der Waals surface area (Å²) in [6, 6.07) is 5.94. The van der Waals surface area contributed by atoms with Crippen molar-refractivity contribution in [3.05, 3.63) is 50.2 Å². The van der Waals surface area contributed by atoms with E-state index in [4.69, 9.17) is 51.5 Å². The van der Waals surface area contributed by atoms with Crippen molar-refractivity contribution in [2.45, 2.75) is 0 Å². The minimum absolute atomic E-state index is 0.00836. The molecule has 0 amide bonds. The van der Waals surface area contributed by atoms with Crippen LogP contribution in [0.2, 0.25) is 20.2 Å². The zero-order valence-corrected chi connectivity index (χ0v) is 12.1. The molecule has 0 aliphatic carbocycles. The van der Waals surface area contributed by atoms with Crippen molar-refractivity contribution >= 4 is 52.4 Å². The van der Waals surface area contributed by atoms with E-state index in [1.54, 1.807) is 12.1 Å². The first-order chi connectivity index (χ1) is 8.91. The second-order valence-electron chi connectivity index (χ2n) is 3.56. The molecular weight excluding hydrogens is 332 g/mol. The second kappa shape index (κ2) is 5.55. The van der Waals surface area contributed by atoms with Gasteiger partial charge < -0.3 is 5.11 Å². The van der Waals surface area contributed by atoms with E-state index >= 15 is 0 Å². The van der Waals surface area contributed by atoms with Crippen LogP contribution in [-0.2, 0) is 0 Å². The van der Waals surface area contributed by atoms with Gasteiger partial charge in [-0.05, 0) is 24.3 Å². The van der Waals surface area contributed by atoms with E-state index in [0.717, 1.165) is 0 Å². The number of carbonyl (C=O) groups is 1. The lowest BCUT2D eigenvalue weighted by Gasteiger charge is -2.10. The summed E-state index contributed by atoms with van der Waals surface area (Å²) < 4.78 is 0. The smallest absolute Gasteiger partial charge is 0.354 e. The van der Waals surface area contributed by atoms with E-state index in [0.29, 0.717) is 21.2 Å². The molecule has 1 N–H and O–H groups in total. The Balaban J connectivity index is 2.66. The van der Waals surface area contributed by atoms with E-state index in [9.17, 15) is 4.79 Å². The van der Waals surface area contributed by atoms with Crippen LogP contribution >= 0.6 is 46.4 Å². The number of carboxylic acids is 1. The number of benzene rings is 1. The highest BCUT2D eigenvalue weighted by Crippen LogP contribution is 2.41. The molecule has 0 radical (unpaired) electrons. The fourth-order valence-electron chi connectivity index (χ4n) is 1.51. The molecule has 0 bridgehead atoms. The standard InChI is InChI=1S/C12H5Cl4NO2/c13-6-2-3-7(14)10(15)9(6)5-1-4-8(12(18)19)17-11(5)16/h1-4H,(H,18,19). The maximum absolute atomic E-state index is 10.8. The second-order valence-corrected chi connectivity index (χ2v) is 5.11. The molecule has 19 heavy (non-hydrogen) atoms. The topological polar surface area (TPSA) is 50.2 Å². The van der Waals surface area contributed by atoms with Gasteiger partial charge in [0.25, 0.3) is 0 Å². The van der Waals surface area contributed by atoms with Crippen molar-refractivity contribution in [2.24, 2.45) is 0 Å². The van der Waals surface area contributed by atoms with Crippen molar-refractivity contribution in [3.63, 3.8) is 0 Å². The molecule has 2 aromatic rings. The number of hydrogen-bond donors (Lipinski definition) is 1. The van der Waals surface area contributed by atoms with Gasteiger partial charge in [0.15, 0.2) is 0 Å². The highest BCUT2D eigenvalue weighted by Gasteiger charge is 2.17. The Bertz CT molecular complexity index is 673. The van der Waals surface area contributed by atoms with E-state index in [1.165, 1.54) is 12.1 Å². The first-order valence-corrected chi connectivity index (χ1v) is 6.46. The Labute approximate surface area is 128 Å². The minimum Gasteiger partial charge on any atom is -0.477 e. The summed E-state index contributed by atoms with van der Waals surface area (Å²) in [6.45, 7) is 0. The molecule has 7 heteroatoms. The number of hydrogen-bond acceptors (Lipinski definition) is 2. The number of aromatic carboxylic acids is 1. The zero-order valence-electron chi connectivity index (χ0n) is 9.12. The van der Waals surface area contributed by atoms with Gasteiger partial charge in [-0.2, -0.15) is 0 Å². The molecule has 0 saturated carbocycles. The predicted molar refractivity (Wildman–Crippen MR) is 76.7 cm³/mol. The van der Waals surface area contributed by atoms with Crippen molar-refractivity contribution in [1.82, 2.24) is 4.98 Å². The zero-order chi connectivity index (χ0) is 14.2. The van der Waals surface area contributed by atoms with Crippen molar-refractivity contribution in [3.8, 4) is 11.1 Å². The van der Waals surface area contributed by atoms with Gasteiger partial charge in [-0.15, -0.1) is 0 Å². The largest absolute Gasteiger partial charge is 0.477 e. The minimum atomic E-state index is -1.17. The number of pyridine rings is 1. The predicted octanol–water partition coefficient (Wildman–Crippen LogP) is 5.06. The number of nitrogens with zero attached hydrogens (tertiary/aromatic N) is 1. The lowest BCUT2D eigenvalue weighted by atomic mass is 10.1. The number of aromatic nitrogens is 1. The third kappa shape index (κ3) is 2.79. The SMILES string of the molecule is O=C(O)c1ccc(-c2c(Cl)ccc(Cl)c2Cl)c(Cl)n1. The summed E-state index contributed by atoms with van der Waals surface area (Å²) >= 11 is 24.0. The Morgan fingerprint density at radius 1 is 1.00 bits per heavy atom. The van der Waals surface area contributed by atoms with Gasteiger partial charge in [0.2, 0.25) is 0 Å². The average Bonchev–Trinajstić information content (AvgIpc) is 2.36. The Morgan fingerprint density at radius 3 is 2.21 bits per heavy atom. The molecular formula is C12H5Cl4NO2. The maximum Gasteiger partial charge on any atom is 0.354 e. The van der Waals surface area contributed by atoms with Crippen LogP contribution in [0.5, 0.6) is 0 Å². The summed E-state index contributed by atoms with van der Waals surface area (Å²) in [7, 11) is 0. The maximum atomic E-state index is 10.8. The molecule has 0 unspecified atom stereocenters. The highest BCUT2D eigenvalue weighted by molar-refractivity contribution is 6.46. The first-order valence-electron chi connectivity index (χ1n) is 4.95. The number of carboxylic acid groups (broad SMARTS) is 1. The third-order valence-corrected chi connectivity index (χ3v) is 3.79. The Morgan fingerprint density at radius 2 is 1.63 bits per heavy atom. The summed E-state index contributed by atoms with van der Waals surface area (Å²) in [5, 5.41) is 9.73. The van der Waals surface area contributed by atoms with Gasteiger partial charge >= 0.3 is 5.97 Å². The van der Waals surface area contributed by atoms with Crippen LogP contribution in [0.4, 0.5) is 0 Å². The Kier molecular flexibility index (Phi) is 4.21. The van der Waals surface area contributed by atoms with Crippen LogP contribution in [0, 0.1) is 0 Å². The molecule has 1 heterocycles. The van der Waals surface area contributed by atoms with Gasteiger partial charge in [-0.25, -0.2) is 9.78 Å². The van der Waals surface area contributed by atoms with Gasteiger partial charge in [0.1, 0.15) is 10.8 Å². The number of halogens is 4. The van der Waals surface area contributed by atoms with Gasteiger partial charge in [0.05, 0.1) is 15.1 Å². The van der Waals surface area contributed by atoms with Crippen molar-refractivity contribution in [2.75, 3.05) is 0 Å². The lowest BCUT2D eigenvalue weighted by molar-refractivity contribution is 0.0690. The summed E-state index contributed by atoms with van der Waals surface area (Å²) in [6.07, 6.45) is 0. The quantitative estimate of drug-likeness (QED) is 0.616. The van der Waals surface area contributed by atoms with Gasteiger partial charge in [0, 0.05) is 11.1 Å². The molecule has 0 saturated heterocycles. The fraction of sp³-hybridized carbons (Fsp3) is 0. The first kappa shape index (κ1) is 14.4. The number of rotatable bonds is 2. The molecule has 0 atom stereocenters. The van der Waals surface area contributed by atoms with Crippen LogP contribution < -0.4 is 0 Å². The van der Waals surface area contributed by atoms with E-state index in [-0.39, 0.29) is 15.9 Å². The molecule has 98 valence electrons. The van der Waals surface area contributed by atoms with Crippen molar-refractivity contribution in [1.29, 1.82) is 0 Å². The molecule has 0 spiro atoms. The molecule has 1 aromatic heterocycles. The highest BCUT2D eigenvalue weighted by atomic mass is 35.5. The van der Waals surface area contributed by atoms with Crippen LogP contribution in [0.3, 0.4) is 0 Å². The van der Waals surface area contributed by atoms with Crippen LogP contribution in [0.25, 0.3) is 11.1 Å². The Hall–Kier alpha value is -1.000. The van der Waals surface area contributed by atoms with Crippen LogP contribution in [0.1, 0.15) is 10.5 Å². The van der Waals surface area contributed by atoms with Crippen LogP contribution in [-0.4, -0.2) is 16.1 Å². The summed E-state index contributed by atoms with van der Waals surface area (Å²) in [4.78, 5) is 14.6. The molecule has 1 aromatic carbocycles. The summed E-state index contributed by atoms with van der Waals surface area (Å²) in [5.74, 6) is -1.17. The lowest BCUT2D eigenvalue weighted by Crippen LogP contribution is -2.00. The van der Waals surface area contributed by atoms with E-state index in [1.807, 2.05) is 0 Å². The molecule has 2 rings (SSSR count). The molecule has 0 fully saturated rings. The van der Waals surface area contributed by atoms with Crippen molar-refractivity contribution < 1.29 is 9.90 Å². The van der Waals surface area contributed by atoms with E-state index in [2.05, 4.69) is 4.98 Å². The normalized spacial score (nSPS) is 10.5. The van der Waals surface area contributed by atoms with E-state index < -0.39 is 5.97 Å². The monoisotopic (exact) mass is 335 g/mol. The molecule has 0 aliphatic rings. The van der Waals surface area contributed by atoms with Gasteiger partial charge in [-0.1, -0.05) is 46.4 Å². The van der Waals surface area contributed by atoms with Crippen LogP contribution in [0.15, 0.2) is 24.3 Å². The van der Waals surface area contributed by atoms with Gasteiger partial charge in [-0.3, -0.25) is 0 Å². The average molecular weight is 337 g/mol. The summed E-state index contributed by atoms with van der Waals surface area (Å²) in [5.41, 5.74) is 0.678. The third-order valence-electron chi connectivity index (χ3n) is 2.38. The molecule has 0 aliphatic heterocycles.